The number of fused-ring (bicyclic) bond motifs is 1. The van der Waals surface area contributed by atoms with Gasteiger partial charge in [0.05, 0.1) is 6.54 Å². The summed E-state index contributed by atoms with van der Waals surface area (Å²) in [7, 11) is 0. The summed E-state index contributed by atoms with van der Waals surface area (Å²) in [6, 6.07) is 4.01. The average Bonchev–Trinajstić information content (AvgIpc) is 2.90. The Kier molecular flexibility index (Phi) is 3.94. The van der Waals surface area contributed by atoms with E-state index in [1.54, 1.807) is 6.20 Å². The fourth-order valence-electron chi connectivity index (χ4n) is 4.34. The molecule has 138 valence electrons. The first-order valence-electron chi connectivity index (χ1n) is 9.46. The number of hydrogen-bond donors (Lipinski definition) is 0. The maximum absolute atomic E-state index is 13.0. The summed E-state index contributed by atoms with van der Waals surface area (Å²) in [6.07, 6.45) is 6.04. The van der Waals surface area contributed by atoms with Crippen molar-refractivity contribution in [3.05, 3.63) is 47.4 Å². The molecule has 4 rings (SSSR count). The highest BCUT2D eigenvalue weighted by Crippen LogP contribution is 2.68. The van der Waals surface area contributed by atoms with Crippen molar-refractivity contribution in [2.45, 2.75) is 53.5 Å². The summed E-state index contributed by atoms with van der Waals surface area (Å²) < 4.78 is 5.94. The van der Waals surface area contributed by atoms with Crippen LogP contribution < -0.4 is 0 Å². The molecule has 0 N–H and O–H groups in total. The predicted molar refractivity (Wildman–Crippen MR) is 98.3 cm³/mol. The Morgan fingerprint density at radius 1 is 1.27 bits per heavy atom. The molecule has 1 aliphatic carbocycles. The first-order chi connectivity index (χ1) is 12.3. The monoisotopic (exact) mass is 353 g/mol. The number of oxazole rings is 1. The minimum Gasteiger partial charge on any atom is -0.445 e. The van der Waals surface area contributed by atoms with Crippen LogP contribution in [0.15, 0.2) is 28.9 Å². The molecule has 0 bridgehead atoms. The predicted octanol–water partition coefficient (Wildman–Crippen LogP) is 3.42. The molecule has 0 radical (unpaired) electrons. The highest BCUT2D eigenvalue weighted by atomic mass is 16.4. The molecule has 1 aliphatic heterocycles. The molecule has 2 aromatic heterocycles. The number of carbonyl (C=O) groups is 1. The van der Waals surface area contributed by atoms with E-state index in [2.05, 4.69) is 43.7 Å². The van der Waals surface area contributed by atoms with Gasteiger partial charge < -0.3 is 9.32 Å². The molecular formula is C21H27N3O2. The Hall–Kier alpha value is -2.17. The molecule has 0 atom stereocenters. The van der Waals surface area contributed by atoms with Gasteiger partial charge in [-0.3, -0.25) is 9.78 Å². The second kappa shape index (κ2) is 5.93. The fourth-order valence-corrected chi connectivity index (χ4v) is 4.34. The molecule has 0 unspecified atom stereocenters. The third-order valence-electron chi connectivity index (χ3n) is 6.70. The molecular weight excluding hydrogens is 326 g/mol. The SMILES string of the molecule is CC1(C)C(C(=O)N2CCc3oc(CCc4cccnc4)nc3C2)C1(C)C. The lowest BCUT2D eigenvalue weighted by molar-refractivity contribution is -0.134. The minimum atomic E-state index is 0.0725. The summed E-state index contributed by atoms with van der Waals surface area (Å²) in [5, 5.41) is 0. The first kappa shape index (κ1) is 17.3. The summed E-state index contributed by atoms with van der Waals surface area (Å²) in [4.78, 5) is 23.8. The van der Waals surface area contributed by atoms with Crippen LogP contribution in [0.2, 0.25) is 0 Å². The average molecular weight is 353 g/mol. The van der Waals surface area contributed by atoms with Gasteiger partial charge in [0, 0.05) is 37.7 Å². The molecule has 2 aromatic rings. The molecule has 5 heteroatoms. The summed E-state index contributed by atoms with van der Waals surface area (Å²) >= 11 is 0. The lowest BCUT2D eigenvalue weighted by Crippen LogP contribution is -2.38. The molecule has 1 fully saturated rings. The van der Waals surface area contributed by atoms with E-state index in [1.807, 2.05) is 17.2 Å². The van der Waals surface area contributed by atoms with Crippen LogP contribution in [0.25, 0.3) is 0 Å². The van der Waals surface area contributed by atoms with Crippen molar-refractivity contribution in [3.8, 4) is 0 Å². The van der Waals surface area contributed by atoms with Crippen LogP contribution in [-0.4, -0.2) is 27.3 Å². The topological polar surface area (TPSA) is 59.2 Å². The van der Waals surface area contributed by atoms with E-state index in [0.717, 1.165) is 43.2 Å². The van der Waals surface area contributed by atoms with Crippen molar-refractivity contribution in [2.75, 3.05) is 6.54 Å². The molecule has 0 spiro atoms. The third kappa shape index (κ3) is 2.74. The number of aryl methyl sites for hydroxylation is 2. The van der Waals surface area contributed by atoms with Crippen LogP contribution in [0.1, 0.15) is 50.6 Å². The summed E-state index contributed by atoms with van der Waals surface area (Å²) in [5.41, 5.74) is 2.26. The van der Waals surface area contributed by atoms with E-state index >= 15 is 0 Å². The maximum atomic E-state index is 13.0. The standard InChI is InChI=1S/C21H27N3O2/c1-20(2)18(21(20,3)4)19(25)24-11-9-16-15(13-24)23-17(26-16)8-7-14-6-5-10-22-12-14/h5-6,10,12,18H,7-9,11,13H2,1-4H3. The lowest BCUT2D eigenvalue weighted by Gasteiger charge is -2.26. The van der Waals surface area contributed by atoms with Crippen LogP contribution in [0, 0.1) is 16.7 Å². The second-order valence-electron chi connectivity index (χ2n) is 8.72. The van der Waals surface area contributed by atoms with Crippen molar-refractivity contribution in [3.63, 3.8) is 0 Å². The van der Waals surface area contributed by atoms with Gasteiger partial charge in [-0.05, 0) is 28.9 Å². The number of hydrogen-bond acceptors (Lipinski definition) is 4. The smallest absolute Gasteiger partial charge is 0.227 e. The molecule has 2 aliphatic rings. The number of pyridine rings is 1. The minimum absolute atomic E-state index is 0.0725. The quantitative estimate of drug-likeness (QED) is 0.845. The zero-order chi connectivity index (χ0) is 18.5. The van der Waals surface area contributed by atoms with Crippen LogP contribution in [0.5, 0.6) is 0 Å². The van der Waals surface area contributed by atoms with Gasteiger partial charge in [-0.25, -0.2) is 4.98 Å². The van der Waals surface area contributed by atoms with Crippen molar-refractivity contribution >= 4 is 5.91 Å². The van der Waals surface area contributed by atoms with E-state index in [4.69, 9.17) is 4.42 Å². The molecule has 0 aromatic carbocycles. The van der Waals surface area contributed by atoms with Crippen LogP contribution in [0.3, 0.4) is 0 Å². The second-order valence-corrected chi connectivity index (χ2v) is 8.72. The fraction of sp³-hybridized carbons (Fsp3) is 0.571. The molecule has 5 nitrogen and oxygen atoms in total. The maximum Gasteiger partial charge on any atom is 0.227 e. The first-order valence-corrected chi connectivity index (χ1v) is 9.46. The van der Waals surface area contributed by atoms with Crippen molar-refractivity contribution in [2.24, 2.45) is 16.7 Å². The summed E-state index contributed by atoms with van der Waals surface area (Å²) in [6.45, 7) is 10.1. The van der Waals surface area contributed by atoms with Gasteiger partial charge in [-0.1, -0.05) is 33.8 Å². The van der Waals surface area contributed by atoms with Crippen molar-refractivity contribution in [1.82, 2.24) is 14.9 Å². The van der Waals surface area contributed by atoms with Gasteiger partial charge in [-0.15, -0.1) is 0 Å². The van der Waals surface area contributed by atoms with E-state index in [9.17, 15) is 4.79 Å². The Bertz CT molecular complexity index is 809. The zero-order valence-corrected chi connectivity index (χ0v) is 16.1. The molecule has 1 saturated carbocycles. The number of carbonyl (C=O) groups excluding carboxylic acids is 1. The molecule has 3 heterocycles. The Morgan fingerprint density at radius 3 is 2.69 bits per heavy atom. The number of nitrogens with zero attached hydrogens (tertiary/aromatic N) is 3. The van der Waals surface area contributed by atoms with E-state index in [-0.39, 0.29) is 22.7 Å². The van der Waals surface area contributed by atoms with Gasteiger partial charge in [0.25, 0.3) is 0 Å². The van der Waals surface area contributed by atoms with Crippen LogP contribution in [-0.2, 0) is 30.6 Å². The lowest BCUT2D eigenvalue weighted by atomic mass is 10.0. The number of rotatable bonds is 4. The Balaban J connectivity index is 1.42. The Morgan fingerprint density at radius 2 is 2.04 bits per heavy atom. The highest BCUT2D eigenvalue weighted by molar-refractivity contribution is 5.84. The zero-order valence-electron chi connectivity index (χ0n) is 16.1. The molecule has 1 amide bonds. The normalized spacial score (nSPS) is 20.7. The van der Waals surface area contributed by atoms with E-state index in [1.165, 1.54) is 5.56 Å². The van der Waals surface area contributed by atoms with E-state index in [0.29, 0.717) is 6.54 Å². The van der Waals surface area contributed by atoms with Gasteiger partial charge in [0.2, 0.25) is 5.91 Å². The van der Waals surface area contributed by atoms with Crippen molar-refractivity contribution < 1.29 is 9.21 Å². The van der Waals surface area contributed by atoms with Crippen LogP contribution >= 0.6 is 0 Å². The van der Waals surface area contributed by atoms with Crippen LogP contribution in [0.4, 0.5) is 0 Å². The largest absolute Gasteiger partial charge is 0.445 e. The van der Waals surface area contributed by atoms with Gasteiger partial charge in [-0.2, -0.15) is 0 Å². The van der Waals surface area contributed by atoms with Gasteiger partial charge in [0.15, 0.2) is 5.89 Å². The summed E-state index contributed by atoms with van der Waals surface area (Å²) in [5.74, 6) is 2.09. The molecule has 0 saturated heterocycles. The Labute approximate surface area is 154 Å². The number of amides is 1. The van der Waals surface area contributed by atoms with E-state index < -0.39 is 0 Å². The van der Waals surface area contributed by atoms with Gasteiger partial charge in [0.1, 0.15) is 11.5 Å². The third-order valence-corrected chi connectivity index (χ3v) is 6.70. The molecule has 26 heavy (non-hydrogen) atoms. The number of aromatic nitrogens is 2. The van der Waals surface area contributed by atoms with Gasteiger partial charge >= 0.3 is 0 Å². The highest BCUT2D eigenvalue weighted by Gasteiger charge is 2.68. The van der Waals surface area contributed by atoms with Crippen molar-refractivity contribution in [1.29, 1.82) is 0 Å².